The first-order valence-corrected chi connectivity index (χ1v) is 12.7. The molecule has 0 radical (unpaired) electrons. The van der Waals surface area contributed by atoms with E-state index in [0.29, 0.717) is 10.5 Å². The fourth-order valence-corrected chi connectivity index (χ4v) is 6.10. The van der Waals surface area contributed by atoms with Crippen molar-refractivity contribution in [2.45, 2.75) is 32.1 Å². The molecular weight excluding hydrogens is 421 g/mol. The standard InChI is InChI=1S/C19H24S6/c1-14-2-6-18(7-3-14)24-12-16(21)10-23-11-17(22)13-25-19-8-4-15(20)5-9-19/h2-9,16-17,20-22H,10-13H2,1H3. The van der Waals surface area contributed by atoms with Gasteiger partial charge in [-0.15, -0.1) is 36.2 Å². The van der Waals surface area contributed by atoms with Gasteiger partial charge in [0, 0.05) is 48.2 Å². The van der Waals surface area contributed by atoms with Crippen LogP contribution in [0.4, 0.5) is 0 Å². The van der Waals surface area contributed by atoms with E-state index in [9.17, 15) is 0 Å². The molecule has 0 aliphatic rings. The maximum Gasteiger partial charge on any atom is 0.0202 e. The molecule has 0 N–H and O–H groups in total. The summed E-state index contributed by atoms with van der Waals surface area (Å²) in [5.41, 5.74) is 1.31. The summed E-state index contributed by atoms with van der Waals surface area (Å²) in [6.45, 7) is 2.12. The Hall–Kier alpha value is 0.540. The monoisotopic (exact) mass is 444 g/mol. The smallest absolute Gasteiger partial charge is 0.0202 e. The highest BCUT2D eigenvalue weighted by atomic mass is 32.2. The Balaban J connectivity index is 1.57. The number of hydrogen-bond donors (Lipinski definition) is 3. The molecule has 0 aliphatic heterocycles. The number of rotatable bonds is 10. The van der Waals surface area contributed by atoms with Crippen molar-refractivity contribution in [3.05, 3.63) is 54.1 Å². The molecule has 2 rings (SSSR count). The molecule has 0 aliphatic carbocycles. The van der Waals surface area contributed by atoms with Crippen LogP contribution in [-0.4, -0.2) is 33.5 Å². The molecular formula is C19H24S6. The van der Waals surface area contributed by atoms with Crippen molar-refractivity contribution in [1.82, 2.24) is 0 Å². The molecule has 0 fully saturated rings. The van der Waals surface area contributed by atoms with Gasteiger partial charge < -0.3 is 0 Å². The summed E-state index contributed by atoms with van der Waals surface area (Å²) in [4.78, 5) is 3.61. The van der Waals surface area contributed by atoms with Crippen molar-refractivity contribution in [1.29, 1.82) is 0 Å². The fourth-order valence-electron chi connectivity index (χ4n) is 2.00. The molecule has 0 aromatic heterocycles. The minimum absolute atomic E-state index is 0.399. The van der Waals surface area contributed by atoms with Crippen molar-refractivity contribution < 1.29 is 0 Å². The van der Waals surface area contributed by atoms with Gasteiger partial charge in [0.15, 0.2) is 0 Å². The molecule has 2 atom stereocenters. The van der Waals surface area contributed by atoms with Gasteiger partial charge >= 0.3 is 0 Å². The van der Waals surface area contributed by atoms with Crippen LogP contribution in [0.3, 0.4) is 0 Å². The third-order valence-corrected chi connectivity index (χ3v) is 9.00. The molecule has 2 unspecified atom stereocenters. The van der Waals surface area contributed by atoms with E-state index in [1.54, 1.807) is 0 Å². The molecule has 6 heteroatoms. The molecule has 25 heavy (non-hydrogen) atoms. The third-order valence-electron chi connectivity index (χ3n) is 3.36. The zero-order valence-corrected chi connectivity index (χ0v) is 19.3. The fraction of sp³-hybridized carbons (Fsp3) is 0.368. The second kappa shape index (κ2) is 12.1. The van der Waals surface area contributed by atoms with E-state index in [0.717, 1.165) is 27.9 Å². The summed E-state index contributed by atoms with van der Waals surface area (Å²) in [5.74, 6) is 4.20. The summed E-state index contributed by atoms with van der Waals surface area (Å²) in [6, 6.07) is 17.0. The number of aryl methyl sites for hydroxylation is 1. The molecule has 0 nitrogen and oxygen atoms in total. The van der Waals surface area contributed by atoms with Crippen LogP contribution in [0.2, 0.25) is 0 Å². The van der Waals surface area contributed by atoms with Crippen molar-refractivity contribution >= 4 is 73.2 Å². The second-order valence-corrected chi connectivity index (χ2v) is 11.0. The zero-order valence-electron chi connectivity index (χ0n) is 14.2. The summed E-state index contributed by atoms with van der Waals surface area (Å²) >= 11 is 19.4. The van der Waals surface area contributed by atoms with Crippen LogP contribution in [-0.2, 0) is 0 Å². The number of thioether (sulfide) groups is 3. The normalized spacial score (nSPS) is 13.6. The molecule has 2 aromatic rings. The lowest BCUT2D eigenvalue weighted by atomic mass is 10.2. The van der Waals surface area contributed by atoms with Gasteiger partial charge in [-0.05, 0) is 43.3 Å². The van der Waals surface area contributed by atoms with E-state index in [1.807, 2.05) is 47.4 Å². The van der Waals surface area contributed by atoms with Gasteiger partial charge in [0.2, 0.25) is 0 Å². The number of hydrogen-bond acceptors (Lipinski definition) is 6. The van der Waals surface area contributed by atoms with Crippen LogP contribution in [0.25, 0.3) is 0 Å². The maximum absolute atomic E-state index is 4.72. The van der Waals surface area contributed by atoms with Crippen LogP contribution in [0.5, 0.6) is 0 Å². The first kappa shape index (κ1) is 21.8. The Morgan fingerprint density at radius 1 is 0.720 bits per heavy atom. The molecule has 0 saturated carbocycles. The third kappa shape index (κ3) is 9.34. The summed E-state index contributed by atoms with van der Waals surface area (Å²) in [7, 11) is 0. The number of benzene rings is 2. The highest BCUT2D eigenvalue weighted by molar-refractivity contribution is 8.02. The van der Waals surface area contributed by atoms with Crippen molar-refractivity contribution in [3.63, 3.8) is 0 Å². The van der Waals surface area contributed by atoms with Crippen molar-refractivity contribution in [3.8, 4) is 0 Å². The van der Waals surface area contributed by atoms with Gasteiger partial charge in [0.05, 0.1) is 0 Å². The highest BCUT2D eigenvalue weighted by Gasteiger charge is 2.08. The Kier molecular flexibility index (Phi) is 10.6. The molecule has 136 valence electrons. The average Bonchev–Trinajstić information content (AvgIpc) is 2.61. The van der Waals surface area contributed by atoms with E-state index in [2.05, 4.69) is 56.0 Å². The van der Waals surface area contributed by atoms with Gasteiger partial charge in [-0.25, -0.2) is 0 Å². The minimum atomic E-state index is 0.399. The first-order valence-electron chi connectivity index (χ1n) is 8.08. The molecule has 0 heterocycles. The van der Waals surface area contributed by atoms with Crippen LogP contribution < -0.4 is 0 Å². The lowest BCUT2D eigenvalue weighted by Gasteiger charge is -2.13. The molecule has 0 amide bonds. The van der Waals surface area contributed by atoms with Crippen LogP contribution >= 0.6 is 73.2 Å². The minimum Gasteiger partial charge on any atom is -0.174 e. The van der Waals surface area contributed by atoms with E-state index in [-0.39, 0.29) is 0 Å². The predicted octanol–water partition coefficient (Wildman–Crippen LogP) is 6.50. The molecule has 0 saturated heterocycles. The van der Waals surface area contributed by atoms with Crippen molar-refractivity contribution in [2.24, 2.45) is 0 Å². The summed E-state index contributed by atoms with van der Waals surface area (Å²) in [6.07, 6.45) is 0. The SMILES string of the molecule is Cc1ccc(SCC(S)CSCC(S)CSc2ccc(S)cc2)cc1. The summed E-state index contributed by atoms with van der Waals surface area (Å²) < 4.78 is 0. The maximum atomic E-state index is 4.72. The Morgan fingerprint density at radius 3 is 1.64 bits per heavy atom. The molecule has 0 spiro atoms. The average molecular weight is 445 g/mol. The lowest BCUT2D eigenvalue weighted by Crippen LogP contribution is -2.11. The van der Waals surface area contributed by atoms with E-state index < -0.39 is 0 Å². The van der Waals surface area contributed by atoms with Gasteiger partial charge in [0.25, 0.3) is 0 Å². The molecule has 0 bridgehead atoms. The Labute approximate surface area is 181 Å². The van der Waals surface area contributed by atoms with Crippen LogP contribution in [0.1, 0.15) is 5.56 Å². The van der Waals surface area contributed by atoms with Gasteiger partial charge in [-0.2, -0.15) is 37.0 Å². The quantitative estimate of drug-likeness (QED) is 0.283. The zero-order chi connectivity index (χ0) is 18.1. The Bertz CT molecular complexity index is 555. The van der Waals surface area contributed by atoms with Gasteiger partial charge in [0.1, 0.15) is 0 Å². The van der Waals surface area contributed by atoms with Crippen LogP contribution in [0, 0.1) is 6.92 Å². The van der Waals surface area contributed by atoms with E-state index >= 15 is 0 Å². The van der Waals surface area contributed by atoms with Gasteiger partial charge in [-0.3, -0.25) is 0 Å². The van der Waals surface area contributed by atoms with Crippen LogP contribution in [0.15, 0.2) is 63.2 Å². The van der Waals surface area contributed by atoms with E-state index in [1.165, 1.54) is 15.4 Å². The molecule has 2 aromatic carbocycles. The number of thiol groups is 3. The van der Waals surface area contributed by atoms with Gasteiger partial charge in [-0.1, -0.05) is 17.7 Å². The predicted molar refractivity (Wildman–Crippen MR) is 129 cm³/mol. The first-order chi connectivity index (χ1) is 12.0. The lowest BCUT2D eigenvalue weighted by molar-refractivity contribution is 1.12. The van der Waals surface area contributed by atoms with E-state index in [4.69, 9.17) is 25.3 Å². The Morgan fingerprint density at radius 2 is 1.16 bits per heavy atom. The highest BCUT2D eigenvalue weighted by Crippen LogP contribution is 2.25. The largest absolute Gasteiger partial charge is 0.174 e. The second-order valence-electron chi connectivity index (χ2n) is 5.77. The van der Waals surface area contributed by atoms with Crippen molar-refractivity contribution in [2.75, 3.05) is 23.0 Å². The summed E-state index contributed by atoms with van der Waals surface area (Å²) in [5, 5.41) is 0.809. The topological polar surface area (TPSA) is 0 Å².